The van der Waals surface area contributed by atoms with Gasteiger partial charge in [0.15, 0.2) is 0 Å². The summed E-state index contributed by atoms with van der Waals surface area (Å²) >= 11 is 0. The summed E-state index contributed by atoms with van der Waals surface area (Å²) in [5.74, 6) is -0.454. The van der Waals surface area contributed by atoms with Gasteiger partial charge < -0.3 is 21.0 Å². The summed E-state index contributed by atoms with van der Waals surface area (Å²) in [6, 6.07) is 20.7. The van der Waals surface area contributed by atoms with Crippen molar-refractivity contribution in [3.63, 3.8) is 0 Å². The Labute approximate surface area is 149 Å². The molecule has 5 heteroatoms. The third kappa shape index (κ3) is 2.65. The number of aromatic hydroxyl groups is 1. The number of anilines is 1. The molecule has 1 aromatic heterocycles. The molecule has 5 nitrogen and oxygen atoms in total. The number of amides is 1. The lowest BCUT2D eigenvalue weighted by atomic mass is 9.99. The molecular weight excluding hydrogens is 328 g/mol. The first-order valence-electron chi connectivity index (χ1n) is 8.04. The van der Waals surface area contributed by atoms with Gasteiger partial charge >= 0.3 is 0 Å². The highest BCUT2D eigenvalue weighted by Crippen LogP contribution is 2.32. The molecule has 0 aliphatic heterocycles. The molecule has 0 radical (unpaired) electrons. The molecule has 0 spiro atoms. The van der Waals surface area contributed by atoms with Crippen molar-refractivity contribution in [2.45, 2.75) is 0 Å². The molecule has 0 fully saturated rings. The Morgan fingerprint density at radius 3 is 1.88 bits per heavy atom. The predicted molar refractivity (Wildman–Crippen MR) is 102 cm³/mol. The SMILES string of the molecule is NC(=O)c1oc2cc(-c3ccc(-c4ccc(O)cc4)cc3)ccc2c1N. The minimum absolute atomic E-state index is 0.0140. The maximum atomic E-state index is 11.4. The first-order chi connectivity index (χ1) is 12.5. The van der Waals surface area contributed by atoms with Crippen LogP contribution in [0.4, 0.5) is 5.69 Å². The van der Waals surface area contributed by atoms with Crippen LogP contribution in [0, 0.1) is 0 Å². The van der Waals surface area contributed by atoms with E-state index >= 15 is 0 Å². The molecule has 128 valence electrons. The van der Waals surface area contributed by atoms with E-state index in [0.29, 0.717) is 11.0 Å². The smallest absolute Gasteiger partial charge is 0.286 e. The van der Waals surface area contributed by atoms with Crippen LogP contribution < -0.4 is 11.5 Å². The van der Waals surface area contributed by atoms with E-state index in [1.165, 1.54) is 0 Å². The summed E-state index contributed by atoms with van der Waals surface area (Å²) in [6.07, 6.45) is 0. The highest BCUT2D eigenvalue weighted by molar-refractivity contribution is 6.05. The molecule has 5 N–H and O–H groups in total. The third-order valence-electron chi connectivity index (χ3n) is 4.37. The van der Waals surface area contributed by atoms with Crippen LogP contribution >= 0.6 is 0 Å². The van der Waals surface area contributed by atoms with Gasteiger partial charge in [-0.2, -0.15) is 0 Å². The van der Waals surface area contributed by atoms with Crippen LogP contribution in [0.3, 0.4) is 0 Å². The van der Waals surface area contributed by atoms with Crippen molar-refractivity contribution in [2.75, 3.05) is 5.73 Å². The third-order valence-corrected chi connectivity index (χ3v) is 4.37. The molecule has 1 heterocycles. The number of phenolic OH excluding ortho intramolecular Hbond substituents is 1. The average molecular weight is 344 g/mol. The van der Waals surface area contributed by atoms with Crippen LogP contribution in [-0.2, 0) is 0 Å². The number of phenols is 1. The molecule has 0 unspecified atom stereocenters. The van der Waals surface area contributed by atoms with E-state index in [2.05, 4.69) is 0 Å². The molecule has 4 rings (SSSR count). The first-order valence-corrected chi connectivity index (χ1v) is 8.04. The lowest BCUT2D eigenvalue weighted by Gasteiger charge is -2.05. The zero-order valence-corrected chi connectivity index (χ0v) is 13.8. The van der Waals surface area contributed by atoms with E-state index < -0.39 is 5.91 Å². The molecule has 3 aromatic carbocycles. The number of nitrogens with two attached hydrogens (primary N) is 2. The summed E-state index contributed by atoms with van der Waals surface area (Å²) in [5, 5.41) is 10.1. The van der Waals surface area contributed by atoms with Crippen LogP contribution in [0.15, 0.2) is 71.1 Å². The van der Waals surface area contributed by atoms with Crippen LogP contribution in [0.1, 0.15) is 10.6 Å². The zero-order valence-electron chi connectivity index (χ0n) is 13.8. The maximum absolute atomic E-state index is 11.4. The number of fused-ring (bicyclic) bond motifs is 1. The van der Waals surface area contributed by atoms with Crippen molar-refractivity contribution < 1.29 is 14.3 Å². The van der Waals surface area contributed by atoms with Gasteiger partial charge in [0.05, 0.1) is 5.69 Å². The minimum Gasteiger partial charge on any atom is -0.508 e. The topological polar surface area (TPSA) is 102 Å². The number of primary amides is 1. The summed E-state index contributed by atoms with van der Waals surface area (Å²) in [6.45, 7) is 0. The Bertz CT molecular complexity index is 1110. The standard InChI is InChI=1S/C21H16N2O3/c22-19-17-10-7-15(11-18(17)26-20(19)21(23)25)14-3-1-12(2-4-14)13-5-8-16(24)9-6-13/h1-11,24H,22H2,(H2,23,25). The van der Waals surface area contributed by atoms with E-state index in [0.717, 1.165) is 22.3 Å². The van der Waals surface area contributed by atoms with Crippen molar-refractivity contribution in [2.24, 2.45) is 5.73 Å². The fraction of sp³-hybridized carbons (Fsp3) is 0. The van der Waals surface area contributed by atoms with E-state index in [-0.39, 0.29) is 17.2 Å². The average Bonchev–Trinajstić information content (AvgIpc) is 2.99. The second-order valence-electron chi connectivity index (χ2n) is 6.04. The minimum atomic E-state index is -0.682. The molecule has 26 heavy (non-hydrogen) atoms. The van der Waals surface area contributed by atoms with Crippen LogP contribution in [0.25, 0.3) is 33.2 Å². The van der Waals surface area contributed by atoms with E-state index in [1.807, 2.05) is 54.6 Å². The van der Waals surface area contributed by atoms with Gasteiger partial charge in [-0.1, -0.05) is 42.5 Å². The van der Waals surface area contributed by atoms with Crippen LogP contribution in [-0.4, -0.2) is 11.0 Å². The lowest BCUT2D eigenvalue weighted by Crippen LogP contribution is -2.11. The molecule has 0 saturated carbocycles. The second-order valence-corrected chi connectivity index (χ2v) is 6.04. The molecule has 0 aliphatic rings. The first kappa shape index (κ1) is 15.8. The summed E-state index contributed by atoms with van der Waals surface area (Å²) < 4.78 is 5.50. The number of carbonyl (C=O) groups excluding carboxylic acids is 1. The van der Waals surface area contributed by atoms with Gasteiger partial charge in [-0.05, 0) is 46.5 Å². The fourth-order valence-corrected chi connectivity index (χ4v) is 2.99. The number of hydrogen-bond donors (Lipinski definition) is 3. The van der Waals surface area contributed by atoms with Crippen LogP contribution in [0.5, 0.6) is 5.75 Å². The Balaban J connectivity index is 1.71. The molecule has 4 aromatic rings. The molecule has 0 aliphatic carbocycles. The van der Waals surface area contributed by atoms with Gasteiger partial charge in [0.25, 0.3) is 5.91 Å². The Morgan fingerprint density at radius 2 is 1.31 bits per heavy atom. The van der Waals surface area contributed by atoms with Crippen molar-refractivity contribution >= 4 is 22.6 Å². The molecule has 0 bridgehead atoms. The number of nitrogen functional groups attached to an aromatic ring is 1. The zero-order chi connectivity index (χ0) is 18.3. The lowest BCUT2D eigenvalue weighted by molar-refractivity contribution is 0.0977. The van der Waals surface area contributed by atoms with Crippen molar-refractivity contribution in [3.8, 4) is 28.0 Å². The number of hydrogen-bond acceptors (Lipinski definition) is 4. The van der Waals surface area contributed by atoms with Gasteiger partial charge in [-0.25, -0.2) is 0 Å². The Hall–Kier alpha value is -3.73. The van der Waals surface area contributed by atoms with Crippen LogP contribution in [0.2, 0.25) is 0 Å². The van der Waals surface area contributed by atoms with Crippen molar-refractivity contribution in [3.05, 3.63) is 72.5 Å². The number of rotatable bonds is 3. The molecular formula is C21H16N2O3. The Kier molecular flexibility index (Phi) is 3.62. The van der Waals surface area contributed by atoms with Gasteiger partial charge in [-0.3, -0.25) is 4.79 Å². The highest BCUT2D eigenvalue weighted by atomic mass is 16.3. The Morgan fingerprint density at radius 1 is 0.808 bits per heavy atom. The largest absolute Gasteiger partial charge is 0.508 e. The predicted octanol–water partition coefficient (Wildman–Crippen LogP) is 4.15. The van der Waals surface area contributed by atoms with Gasteiger partial charge in [-0.15, -0.1) is 0 Å². The van der Waals surface area contributed by atoms with Gasteiger partial charge in [0.1, 0.15) is 11.3 Å². The number of carbonyl (C=O) groups is 1. The van der Waals surface area contributed by atoms with E-state index in [9.17, 15) is 9.90 Å². The molecule has 0 saturated heterocycles. The normalized spacial score (nSPS) is 10.9. The maximum Gasteiger partial charge on any atom is 0.286 e. The van der Waals surface area contributed by atoms with Gasteiger partial charge in [0, 0.05) is 5.39 Å². The number of furan rings is 1. The summed E-state index contributed by atoms with van der Waals surface area (Å²) in [5.41, 5.74) is 16.0. The fourth-order valence-electron chi connectivity index (χ4n) is 2.99. The van der Waals surface area contributed by atoms with Crippen molar-refractivity contribution in [1.29, 1.82) is 0 Å². The van der Waals surface area contributed by atoms with E-state index in [1.54, 1.807) is 12.1 Å². The monoisotopic (exact) mass is 344 g/mol. The summed E-state index contributed by atoms with van der Waals surface area (Å²) in [7, 11) is 0. The summed E-state index contributed by atoms with van der Waals surface area (Å²) in [4.78, 5) is 11.4. The van der Waals surface area contributed by atoms with E-state index in [4.69, 9.17) is 15.9 Å². The highest BCUT2D eigenvalue weighted by Gasteiger charge is 2.16. The molecule has 0 atom stereocenters. The quantitative estimate of drug-likeness (QED) is 0.519. The number of benzene rings is 3. The van der Waals surface area contributed by atoms with Crippen molar-refractivity contribution in [1.82, 2.24) is 0 Å². The molecule has 1 amide bonds. The second kappa shape index (κ2) is 5.97. The van der Waals surface area contributed by atoms with Gasteiger partial charge in [0.2, 0.25) is 5.76 Å².